The molecular weight excluding hydrogens is 142 g/mol. The van der Waals surface area contributed by atoms with E-state index in [0.29, 0.717) is 0 Å². The number of aryl methyl sites for hydroxylation is 1. The van der Waals surface area contributed by atoms with Crippen molar-refractivity contribution < 1.29 is 5.11 Å². The Balaban J connectivity index is 2.86. The van der Waals surface area contributed by atoms with Gasteiger partial charge in [0.05, 0.1) is 17.9 Å². The van der Waals surface area contributed by atoms with Gasteiger partial charge < -0.3 is 5.11 Å². The van der Waals surface area contributed by atoms with Crippen molar-refractivity contribution in [2.45, 2.75) is 0 Å². The van der Waals surface area contributed by atoms with Crippen molar-refractivity contribution >= 4 is 10.9 Å². The van der Waals surface area contributed by atoms with E-state index in [2.05, 4.69) is 10.1 Å². The second-order valence-corrected chi connectivity index (χ2v) is 2.37. The molecule has 0 saturated carbocycles. The fourth-order valence-corrected chi connectivity index (χ4v) is 1.04. The Morgan fingerprint density at radius 3 is 3.09 bits per heavy atom. The molecule has 0 unspecified atom stereocenters. The molecule has 0 aliphatic heterocycles. The molecule has 0 aliphatic carbocycles. The standard InChI is InChI=1S/C7H7N3O/c1-10-6-4-8-7(11)2-5(6)3-9-10/h2-4H,1H3,(H,8,11). The van der Waals surface area contributed by atoms with Gasteiger partial charge in [0, 0.05) is 18.5 Å². The van der Waals surface area contributed by atoms with E-state index < -0.39 is 0 Å². The zero-order valence-electron chi connectivity index (χ0n) is 6.02. The molecule has 0 saturated heterocycles. The summed E-state index contributed by atoms with van der Waals surface area (Å²) in [5.41, 5.74) is 0.919. The molecule has 4 nitrogen and oxygen atoms in total. The molecule has 0 bridgehead atoms. The van der Waals surface area contributed by atoms with Crippen LogP contribution in [0.25, 0.3) is 10.9 Å². The number of hydrogen-bond acceptors (Lipinski definition) is 3. The zero-order valence-corrected chi connectivity index (χ0v) is 6.02. The van der Waals surface area contributed by atoms with Gasteiger partial charge in [0.1, 0.15) is 0 Å². The molecule has 4 heteroatoms. The first kappa shape index (κ1) is 6.15. The van der Waals surface area contributed by atoms with E-state index in [1.807, 2.05) is 7.05 Å². The average molecular weight is 149 g/mol. The predicted molar refractivity (Wildman–Crippen MR) is 40.2 cm³/mol. The Bertz CT molecular complexity index is 393. The summed E-state index contributed by atoms with van der Waals surface area (Å²) in [5, 5.41) is 13.9. The molecule has 0 aliphatic rings. The fourth-order valence-electron chi connectivity index (χ4n) is 1.04. The predicted octanol–water partition coefficient (Wildman–Crippen LogP) is 0.674. The molecule has 0 spiro atoms. The first-order valence-electron chi connectivity index (χ1n) is 3.24. The summed E-state index contributed by atoms with van der Waals surface area (Å²) in [6.45, 7) is 0. The third-order valence-corrected chi connectivity index (χ3v) is 1.62. The molecule has 0 aromatic carbocycles. The van der Waals surface area contributed by atoms with Crippen LogP contribution in [0.5, 0.6) is 5.88 Å². The van der Waals surface area contributed by atoms with Gasteiger partial charge in [-0.2, -0.15) is 5.10 Å². The van der Waals surface area contributed by atoms with Gasteiger partial charge in [0.15, 0.2) is 0 Å². The van der Waals surface area contributed by atoms with E-state index in [4.69, 9.17) is 5.11 Å². The van der Waals surface area contributed by atoms with Gasteiger partial charge in [-0.3, -0.25) is 4.68 Å². The summed E-state index contributed by atoms with van der Waals surface area (Å²) in [6, 6.07) is 1.59. The second kappa shape index (κ2) is 1.95. The first-order valence-corrected chi connectivity index (χ1v) is 3.24. The summed E-state index contributed by atoms with van der Waals surface area (Å²) < 4.78 is 1.71. The number of hydrogen-bond donors (Lipinski definition) is 1. The van der Waals surface area contributed by atoms with E-state index in [0.717, 1.165) is 10.9 Å². The Hall–Kier alpha value is -1.58. The van der Waals surface area contributed by atoms with Crippen molar-refractivity contribution in [3.05, 3.63) is 18.5 Å². The quantitative estimate of drug-likeness (QED) is 0.599. The summed E-state index contributed by atoms with van der Waals surface area (Å²) in [5.74, 6) is 0.0329. The lowest BCUT2D eigenvalue weighted by atomic mass is 10.3. The van der Waals surface area contributed by atoms with Gasteiger partial charge in [0.25, 0.3) is 0 Å². The third-order valence-electron chi connectivity index (χ3n) is 1.62. The molecule has 1 N–H and O–H groups in total. The van der Waals surface area contributed by atoms with Crippen LogP contribution in [-0.2, 0) is 7.05 Å². The van der Waals surface area contributed by atoms with Crippen LogP contribution >= 0.6 is 0 Å². The monoisotopic (exact) mass is 149 g/mol. The number of aromatic hydroxyl groups is 1. The van der Waals surface area contributed by atoms with Crippen LogP contribution < -0.4 is 0 Å². The van der Waals surface area contributed by atoms with E-state index in [-0.39, 0.29) is 5.88 Å². The molecule has 0 radical (unpaired) electrons. The van der Waals surface area contributed by atoms with Gasteiger partial charge in [-0.1, -0.05) is 0 Å². The van der Waals surface area contributed by atoms with Crippen LogP contribution in [0.15, 0.2) is 18.5 Å². The van der Waals surface area contributed by atoms with E-state index in [1.165, 1.54) is 0 Å². The molecule has 0 fully saturated rings. The summed E-state index contributed by atoms with van der Waals surface area (Å²) in [7, 11) is 1.83. The van der Waals surface area contributed by atoms with Crippen molar-refractivity contribution in [1.29, 1.82) is 0 Å². The van der Waals surface area contributed by atoms with E-state index >= 15 is 0 Å². The minimum Gasteiger partial charge on any atom is -0.493 e. The highest BCUT2D eigenvalue weighted by Gasteiger charge is 1.99. The average Bonchev–Trinajstić information content (AvgIpc) is 2.32. The number of fused-ring (bicyclic) bond motifs is 1. The lowest BCUT2D eigenvalue weighted by Crippen LogP contribution is -1.88. The second-order valence-electron chi connectivity index (χ2n) is 2.37. The Morgan fingerprint density at radius 1 is 1.45 bits per heavy atom. The molecule has 2 aromatic rings. The summed E-state index contributed by atoms with van der Waals surface area (Å²) in [4.78, 5) is 3.74. The molecular formula is C7H7N3O. The molecule has 0 atom stereocenters. The highest BCUT2D eigenvalue weighted by Crippen LogP contribution is 2.14. The maximum absolute atomic E-state index is 8.99. The number of aromatic nitrogens is 3. The topological polar surface area (TPSA) is 50.9 Å². The Kier molecular flexibility index (Phi) is 1.09. The van der Waals surface area contributed by atoms with Crippen LogP contribution in [0.4, 0.5) is 0 Å². The smallest absolute Gasteiger partial charge is 0.211 e. The van der Waals surface area contributed by atoms with E-state index in [1.54, 1.807) is 23.1 Å². The van der Waals surface area contributed by atoms with Crippen molar-refractivity contribution in [2.24, 2.45) is 7.05 Å². The SMILES string of the molecule is Cn1ncc2cc(O)ncc21. The van der Waals surface area contributed by atoms with Gasteiger partial charge >= 0.3 is 0 Å². The number of rotatable bonds is 0. The van der Waals surface area contributed by atoms with Crippen LogP contribution in [0.1, 0.15) is 0 Å². The Morgan fingerprint density at radius 2 is 2.27 bits per heavy atom. The minimum atomic E-state index is 0.0329. The molecule has 56 valence electrons. The van der Waals surface area contributed by atoms with Crippen molar-refractivity contribution in [3.63, 3.8) is 0 Å². The first-order chi connectivity index (χ1) is 5.27. The number of pyridine rings is 1. The van der Waals surface area contributed by atoms with Crippen LogP contribution in [0, 0.1) is 0 Å². The lowest BCUT2D eigenvalue weighted by Gasteiger charge is -1.92. The third kappa shape index (κ3) is 0.832. The van der Waals surface area contributed by atoms with Crippen LogP contribution in [0.3, 0.4) is 0 Å². The highest BCUT2D eigenvalue weighted by molar-refractivity contribution is 5.78. The highest BCUT2D eigenvalue weighted by atomic mass is 16.3. The van der Waals surface area contributed by atoms with Gasteiger partial charge in [-0.25, -0.2) is 4.98 Å². The minimum absolute atomic E-state index is 0.0329. The van der Waals surface area contributed by atoms with Gasteiger partial charge in [-0.15, -0.1) is 0 Å². The van der Waals surface area contributed by atoms with Crippen LogP contribution in [0.2, 0.25) is 0 Å². The maximum atomic E-state index is 8.99. The van der Waals surface area contributed by atoms with Crippen molar-refractivity contribution in [1.82, 2.24) is 14.8 Å². The van der Waals surface area contributed by atoms with Gasteiger partial charge in [-0.05, 0) is 0 Å². The molecule has 2 heterocycles. The number of nitrogens with zero attached hydrogens (tertiary/aromatic N) is 3. The molecule has 11 heavy (non-hydrogen) atoms. The summed E-state index contributed by atoms with van der Waals surface area (Å²) in [6.07, 6.45) is 3.29. The van der Waals surface area contributed by atoms with Gasteiger partial charge in [0.2, 0.25) is 5.88 Å². The Labute approximate surface area is 63.1 Å². The molecule has 2 rings (SSSR count). The maximum Gasteiger partial charge on any atom is 0.211 e. The lowest BCUT2D eigenvalue weighted by molar-refractivity contribution is 0.454. The fraction of sp³-hybridized carbons (Fsp3) is 0.143. The molecule has 0 amide bonds. The summed E-state index contributed by atoms with van der Waals surface area (Å²) >= 11 is 0. The molecule has 2 aromatic heterocycles. The normalized spacial score (nSPS) is 10.6. The zero-order chi connectivity index (χ0) is 7.84. The van der Waals surface area contributed by atoms with Crippen LogP contribution in [-0.4, -0.2) is 19.9 Å². The van der Waals surface area contributed by atoms with E-state index in [9.17, 15) is 0 Å². The largest absolute Gasteiger partial charge is 0.493 e. The van der Waals surface area contributed by atoms with Crippen molar-refractivity contribution in [2.75, 3.05) is 0 Å². The van der Waals surface area contributed by atoms with Crippen molar-refractivity contribution in [3.8, 4) is 5.88 Å².